The fraction of sp³-hybridized carbons (Fsp3) is 0. The van der Waals surface area contributed by atoms with Crippen molar-refractivity contribution in [3.63, 3.8) is 0 Å². The minimum atomic E-state index is -3.85. The van der Waals surface area contributed by atoms with Gasteiger partial charge in [-0.1, -0.05) is 45.2 Å². The molecule has 0 spiro atoms. The summed E-state index contributed by atoms with van der Waals surface area (Å²) in [6.07, 6.45) is 0. The molecule has 0 aliphatic carbocycles. The lowest BCUT2D eigenvalue weighted by atomic mass is 10.3. The van der Waals surface area contributed by atoms with Crippen molar-refractivity contribution in [1.82, 2.24) is 0 Å². The second-order valence-corrected chi connectivity index (χ2v) is 8.41. The van der Waals surface area contributed by atoms with Gasteiger partial charge in [-0.25, -0.2) is 8.42 Å². The highest BCUT2D eigenvalue weighted by Crippen LogP contribution is 2.33. The highest BCUT2D eigenvalue weighted by atomic mass is 127. The van der Waals surface area contributed by atoms with E-state index in [9.17, 15) is 8.42 Å². The van der Waals surface area contributed by atoms with Crippen molar-refractivity contribution in [3.05, 3.63) is 54.5 Å². The maximum Gasteiger partial charge on any atom is 0.264 e. The number of hydrogen-bond donors (Lipinski definition) is 1. The van der Waals surface area contributed by atoms with Crippen LogP contribution in [0, 0.1) is 3.57 Å². The first-order valence-electron chi connectivity index (χ1n) is 5.22. The minimum absolute atomic E-state index is 0.0579. The van der Waals surface area contributed by atoms with Gasteiger partial charge in [-0.2, -0.15) is 0 Å². The van der Waals surface area contributed by atoms with Gasteiger partial charge in [0, 0.05) is 13.7 Å². The fourth-order valence-corrected chi connectivity index (χ4v) is 5.08. The lowest BCUT2D eigenvalue weighted by Crippen LogP contribution is -2.14. The topological polar surface area (TPSA) is 46.2 Å². The molecule has 3 nitrogen and oxygen atoms in total. The number of benzene rings is 2. The zero-order chi connectivity index (χ0) is 14.9. The van der Waals surface area contributed by atoms with Crippen molar-refractivity contribution in [3.8, 4) is 0 Å². The van der Waals surface area contributed by atoms with Gasteiger partial charge in [0.15, 0.2) is 0 Å². The number of nitrogens with one attached hydrogen (secondary N) is 1. The van der Waals surface area contributed by atoms with Crippen LogP contribution in [0.2, 0.25) is 10.0 Å². The second kappa shape index (κ2) is 6.39. The highest BCUT2D eigenvalue weighted by Gasteiger charge is 2.22. The molecular formula is C12H7BrCl2INO2S. The molecular weight excluding hydrogens is 500 g/mol. The van der Waals surface area contributed by atoms with Gasteiger partial charge < -0.3 is 0 Å². The quantitative estimate of drug-likeness (QED) is 0.584. The first-order valence-corrected chi connectivity index (χ1v) is 9.33. The van der Waals surface area contributed by atoms with E-state index in [0.29, 0.717) is 10.2 Å². The summed E-state index contributed by atoms with van der Waals surface area (Å²) in [5, 5.41) is 0.116. The van der Waals surface area contributed by atoms with Crippen LogP contribution in [0.5, 0.6) is 0 Å². The summed E-state index contributed by atoms with van der Waals surface area (Å²) in [7, 11) is -3.85. The van der Waals surface area contributed by atoms with Crippen LogP contribution in [-0.4, -0.2) is 8.42 Å². The van der Waals surface area contributed by atoms with Gasteiger partial charge in [0.05, 0.1) is 10.0 Å². The van der Waals surface area contributed by atoms with Crippen LogP contribution in [0.15, 0.2) is 45.8 Å². The number of hydrogen-bond acceptors (Lipinski definition) is 2. The predicted octanol–water partition coefficient (Wildman–Crippen LogP) is 5.16. The summed E-state index contributed by atoms with van der Waals surface area (Å²) in [6.45, 7) is 0. The van der Waals surface area contributed by atoms with E-state index < -0.39 is 10.0 Å². The largest absolute Gasteiger partial charge is 0.280 e. The van der Waals surface area contributed by atoms with Crippen LogP contribution in [0.4, 0.5) is 5.69 Å². The number of anilines is 1. The Labute approximate surface area is 149 Å². The molecule has 8 heteroatoms. The molecule has 0 atom stereocenters. The van der Waals surface area contributed by atoms with E-state index in [1.165, 1.54) is 12.1 Å². The first-order chi connectivity index (χ1) is 9.29. The minimum Gasteiger partial charge on any atom is -0.280 e. The SMILES string of the molecule is O=S(=O)(Nc1cccc(I)c1)c1c(Cl)cc(Br)cc1Cl. The molecule has 0 bridgehead atoms. The monoisotopic (exact) mass is 505 g/mol. The molecule has 0 saturated carbocycles. The van der Waals surface area contributed by atoms with E-state index in [0.717, 1.165) is 3.57 Å². The van der Waals surface area contributed by atoms with Crippen LogP contribution in [-0.2, 0) is 10.0 Å². The van der Waals surface area contributed by atoms with E-state index in [4.69, 9.17) is 23.2 Å². The molecule has 0 saturated heterocycles. The zero-order valence-corrected chi connectivity index (χ0v) is 15.8. The Morgan fingerprint density at radius 2 is 1.70 bits per heavy atom. The lowest BCUT2D eigenvalue weighted by molar-refractivity contribution is 0.601. The van der Waals surface area contributed by atoms with Crippen molar-refractivity contribution in [2.75, 3.05) is 4.72 Å². The Morgan fingerprint density at radius 1 is 1.10 bits per heavy atom. The van der Waals surface area contributed by atoms with Crippen molar-refractivity contribution in [1.29, 1.82) is 0 Å². The van der Waals surface area contributed by atoms with Gasteiger partial charge in [0.2, 0.25) is 0 Å². The third-order valence-corrected chi connectivity index (χ3v) is 5.74. The van der Waals surface area contributed by atoms with Gasteiger partial charge in [0.25, 0.3) is 10.0 Å². The molecule has 0 aliphatic rings. The Bertz CT molecular complexity index is 745. The molecule has 0 amide bonds. The van der Waals surface area contributed by atoms with Crippen LogP contribution in [0.25, 0.3) is 0 Å². The predicted molar refractivity (Wildman–Crippen MR) is 94.1 cm³/mol. The number of sulfonamides is 1. The Balaban J connectivity index is 2.46. The molecule has 0 unspecified atom stereocenters. The van der Waals surface area contributed by atoms with Gasteiger partial charge in [-0.3, -0.25) is 4.72 Å². The number of rotatable bonds is 3. The van der Waals surface area contributed by atoms with Gasteiger partial charge in [-0.15, -0.1) is 0 Å². The molecule has 0 radical (unpaired) electrons. The Morgan fingerprint density at radius 3 is 2.25 bits per heavy atom. The van der Waals surface area contributed by atoms with E-state index in [2.05, 4.69) is 43.2 Å². The van der Waals surface area contributed by atoms with Crippen molar-refractivity contribution in [2.24, 2.45) is 0 Å². The molecule has 2 rings (SSSR count). The molecule has 20 heavy (non-hydrogen) atoms. The molecule has 1 N–H and O–H groups in total. The summed E-state index contributed by atoms with van der Waals surface area (Å²) in [5.41, 5.74) is 0.451. The average molecular weight is 507 g/mol. The first kappa shape index (κ1) is 16.4. The lowest BCUT2D eigenvalue weighted by Gasteiger charge is -2.11. The van der Waals surface area contributed by atoms with Crippen LogP contribution in [0.1, 0.15) is 0 Å². The van der Waals surface area contributed by atoms with Crippen LogP contribution < -0.4 is 4.72 Å². The summed E-state index contributed by atoms with van der Waals surface area (Å²) >= 11 is 17.3. The van der Waals surface area contributed by atoms with Gasteiger partial charge in [-0.05, 0) is 52.9 Å². The van der Waals surface area contributed by atoms with Gasteiger partial charge >= 0.3 is 0 Å². The van der Waals surface area contributed by atoms with Crippen LogP contribution in [0.3, 0.4) is 0 Å². The molecule has 0 heterocycles. The molecule has 0 fully saturated rings. The summed E-state index contributed by atoms with van der Waals surface area (Å²) in [6, 6.07) is 9.94. The Kier molecular flexibility index (Phi) is 5.23. The Hall–Kier alpha value is -0.0200. The molecule has 106 valence electrons. The van der Waals surface area contributed by atoms with Crippen molar-refractivity contribution in [2.45, 2.75) is 4.90 Å². The molecule has 2 aromatic rings. The third kappa shape index (κ3) is 3.79. The second-order valence-electron chi connectivity index (χ2n) is 3.81. The van der Waals surface area contributed by atoms with E-state index in [-0.39, 0.29) is 14.9 Å². The standard InChI is InChI=1S/C12H7BrCl2INO2S/c13-7-4-10(14)12(11(15)5-7)20(18,19)17-9-3-1-2-8(16)6-9/h1-6,17H. The van der Waals surface area contributed by atoms with E-state index in [1.54, 1.807) is 18.2 Å². The smallest absolute Gasteiger partial charge is 0.264 e. The fourth-order valence-electron chi connectivity index (χ4n) is 1.54. The summed E-state index contributed by atoms with van der Waals surface area (Å²) < 4.78 is 28.7. The number of halogens is 4. The van der Waals surface area contributed by atoms with E-state index >= 15 is 0 Å². The molecule has 0 aromatic heterocycles. The molecule has 2 aromatic carbocycles. The van der Waals surface area contributed by atoms with Gasteiger partial charge in [0.1, 0.15) is 4.90 Å². The van der Waals surface area contributed by atoms with Crippen LogP contribution >= 0.6 is 61.7 Å². The normalized spacial score (nSPS) is 11.4. The molecule has 0 aliphatic heterocycles. The average Bonchev–Trinajstić information content (AvgIpc) is 2.25. The maximum atomic E-state index is 12.4. The maximum absolute atomic E-state index is 12.4. The van der Waals surface area contributed by atoms with Crippen molar-refractivity contribution < 1.29 is 8.42 Å². The third-order valence-electron chi connectivity index (χ3n) is 2.31. The summed E-state index contributed by atoms with van der Waals surface area (Å²) in [4.78, 5) is -0.136. The zero-order valence-electron chi connectivity index (χ0n) is 9.70. The summed E-state index contributed by atoms with van der Waals surface area (Å²) in [5.74, 6) is 0. The van der Waals surface area contributed by atoms with Crippen molar-refractivity contribution >= 4 is 77.4 Å². The van der Waals surface area contributed by atoms with E-state index in [1.807, 2.05) is 6.07 Å². The highest BCUT2D eigenvalue weighted by molar-refractivity contribution is 14.1.